The zero-order valence-corrected chi connectivity index (χ0v) is 27.6. The van der Waals surface area contributed by atoms with E-state index in [0.29, 0.717) is 18.8 Å². The van der Waals surface area contributed by atoms with Crippen molar-refractivity contribution in [2.45, 2.75) is 109 Å². The number of benzene rings is 1. The Bertz CT molecular complexity index is 1250. The topological polar surface area (TPSA) is 149 Å². The van der Waals surface area contributed by atoms with Gasteiger partial charge in [0.2, 0.25) is 11.8 Å². The highest BCUT2D eigenvalue weighted by Gasteiger charge is 2.43. The van der Waals surface area contributed by atoms with E-state index in [1.807, 2.05) is 38.1 Å². The number of hydrogen-bond acceptors (Lipinski definition) is 7. The molecule has 1 aromatic rings. The van der Waals surface area contributed by atoms with Crippen molar-refractivity contribution in [1.29, 1.82) is 0 Å². The first-order valence-electron chi connectivity index (χ1n) is 16.5. The molecule has 2 heterocycles. The summed E-state index contributed by atoms with van der Waals surface area (Å²) in [6.45, 7) is 8.69. The Morgan fingerprint density at radius 1 is 1.07 bits per heavy atom. The summed E-state index contributed by atoms with van der Waals surface area (Å²) in [6.07, 6.45) is 5.92. The second kappa shape index (κ2) is 16.5. The monoisotopic (exact) mass is 648 g/mol. The molecule has 4 N–H and O–H groups in total. The van der Waals surface area contributed by atoms with Crippen LogP contribution in [0.4, 0.5) is 0 Å². The van der Waals surface area contributed by atoms with Crippen LogP contribution in [0.15, 0.2) is 36.9 Å². The van der Waals surface area contributed by atoms with Crippen LogP contribution in [0.25, 0.3) is 0 Å². The molecule has 252 valence electrons. The maximum absolute atomic E-state index is 13.9. The molecule has 2 fully saturated rings. The summed E-state index contributed by atoms with van der Waals surface area (Å²) < 4.78 is 35.6. The molecule has 12 heteroatoms. The van der Waals surface area contributed by atoms with Gasteiger partial charge in [0, 0.05) is 19.6 Å². The highest BCUT2D eigenvalue weighted by atomic mass is 32.2. The van der Waals surface area contributed by atoms with Gasteiger partial charge in [-0.15, -0.1) is 6.58 Å². The lowest BCUT2D eigenvalue weighted by atomic mass is 9.82. The van der Waals surface area contributed by atoms with Crippen LogP contribution in [0.3, 0.4) is 0 Å². The van der Waals surface area contributed by atoms with Crippen LogP contribution < -0.4 is 10.6 Å². The molecule has 2 aliphatic heterocycles. The highest BCUT2D eigenvalue weighted by molar-refractivity contribution is 7.86. The fraction of sp³-hybridized carbons (Fsp3) is 0.697. The molecule has 11 nitrogen and oxygen atoms in total. The molecule has 0 unspecified atom stereocenters. The van der Waals surface area contributed by atoms with Crippen molar-refractivity contribution < 1.29 is 33.0 Å². The zero-order valence-electron chi connectivity index (χ0n) is 26.8. The number of amides is 2. The molecular formula is C33H52N4O7S. The average molecular weight is 649 g/mol. The van der Waals surface area contributed by atoms with Gasteiger partial charge in [-0.25, -0.2) is 0 Å². The zero-order chi connectivity index (χ0) is 32.6. The third-order valence-corrected chi connectivity index (χ3v) is 11.3. The van der Waals surface area contributed by atoms with E-state index in [1.54, 1.807) is 0 Å². The van der Waals surface area contributed by atoms with Gasteiger partial charge in [-0.05, 0) is 48.6 Å². The smallest absolute Gasteiger partial charge is 0.283 e. The SMILES string of the molecule is C=CC[C@H](NC(=O)[C@@H]1Cc2ccccc2CN1S(=O)(=O)N1CCOCC1)C(=O)N[C@@H](CC1CCCCC1)[C@@H](O)[C@@H](O)CC(C)C. The number of carbonyl (C=O) groups is 2. The fourth-order valence-corrected chi connectivity index (χ4v) is 8.50. The van der Waals surface area contributed by atoms with Crippen LogP contribution in [0.2, 0.25) is 0 Å². The van der Waals surface area contributed by atoms with Crippen molar-refractivity contribution in [2.75, 3.05) is 26.3 Å². The molecule has 1 aromatic carbocycles. The van der Waals surface area contributed by atoms with E-state index in [4.69, 9.17) is 4.74 Å². The van der Waals surface area contributed by atoms with Crippen molar-refractivity contribution in [2.24, 2.45) is 11.8 Å². The second-order valence-corrected chi connectivity index (χ2v) is 15.1. The van der Waals surface area contributed by atoms with Crippen LogP contribution >= 0.6 is 0 Å². The predicted molar refractivity (Wildman–Crippen MR) is 172 cm³/mol. The van der Waals surface area contributed by atoms with Gasteiger partial charge in [0.25, 0.3) is 10.2 Å². The van der Waals surface area contributed by atoms with Crippen LogP contribution in [0.5, 0.6) is 0 Å². The summed E-state index contributed by atoms with van der Waals surface area (Å²) in [5, 5.41) is 27.7. The van der Waals surface area contributed by atoms with Crippen molar-refractivity contribution in [3.8, 4) is 0 Å². The molecule has 3 aliphatic rings. The van der Waals surface area contributed by atoms with Gasteiger partial charge in [0.15, 0.2) is 0 Å². The van der Waals surface area contributed by atoms with E-state index in [0.717, 1.165) is 36.8 Å². The van der Waals surface area contributed by atoms with E-state index in [9.17, 15) is 28.2 Å². The van der Waals surface area contributed by atoms with Crippen LogP contribution in [-0.2, 0) is 37.5 Å². The minimum atomic E-state index is -4.01. The van der Waals surface area contributed by atoms with Crippen molar-refractivity contribution >= 4 is 22.0 Å². The molecule has 5 atom stereocenters. The van der Waals surface area contributed by atoms with Gasteiger partial charge in [-0.3, -0.25) is 9.59 Å². The largest absolute Gasteiger partial charge is 0.390 e. The molecule has 0 bridgehead atoms. The number of carbonyl (C=O) groups excluding carboxylic acids is 2. The van der Waals surface area contributed by atoms with Gasteiger partial charge in [0.1, 0.15) is 18.2 Å². The normalized spacial score (nSPS) is 23.0. The van der Waals surface area contributed by atoms with E-state index >= 15 is 0 Å². The van der Waals surface area contributed by atoms with E-state index < -0.39 is 52.4 Å². The number of aliphatic hydroxyl groups excluding tert-OH is 2. The van der Waals surface area contributed by atoms with Crippen molar-refractivity contribution in [1.82, 2.24) is 19.2 Å². The Kier molecular flexibility index (Phi) is 13.0. The highest BCUT2D eigenvalue weighted by Crippen LogP contribution is 2.30. The number of ether oxygens (including phenoxy) is 1. The van der Waals surface area contributed by atoms with Crippen LogP contribution in [-0.4, -0.2) is 95.7 Å². The average Bonchev–Trinajstić information content (AvgIpc) is 3.03. The third-order valence-electron chi connectivity index (χ3n) is 9.30. The number of rotatable bonds is 14. The van der Waals surface area contributed by atoms with E-state index in [2.05, 4.69) is 17.2 Å². The molecule has 1 saturated carbocycles. The Balaban J connectivity index is 1.54. The van der Waals surface area contributed by atoms with Gasteiger partial charge in [0.05, 0.1) is 25.4 Å². The van der Waals surface area contributed by atoms with Gasteiger partial charge in [-0.1, -0.05) is 76.3 Å². The Morgan fingerprint density at radius 3 is 2.38 bits per heavy atom. The molecule has 2 amide bonds. The quantitative estimate of drug-likeness (QED) is 0.226. The predicted octanol–water partition coefficient (Wildman–Crippen LogP) is 2.27. The second-order valence-electron chi connectivity index (χ2n) is 13.2. The third kappa shape index (κ3) is 9.36. The summed E-state index contributed by atoms with van der Waals surface area (Å²) >= 11 is 0. The Morgan fingerprint density at radius 2 is 1.73 bits per heavy atom. The van der Waals surface area contributed by atoms with E-state index in [-0.39, 0.29) is 51.6 Å². The number of nitrogens with zero attached hydrogens (tertiary/aromatic N) is 2. The summed E-state index contributed by atoms with van der Waals surface area (Å²) in [4.78, 5) is 27.7. The molecule has 0 radical (unpaired) electrons. The minimum absolute atomic E-state index is 0.0374. The molecule has 4 rings (SSSR count). The molecular weight excluding hydrogens is 596 g/mol. The van der Waals surface area contributed by atoms with Gasteiger partial charge >= 0.3 is 0 Å². The summed E-state index contributed by atoms with van der Waals surface area (Å²) in [6, 6.07) is 4.66. The number of hydrogen-bond donors (Lipinski definition) is 4. The maximum atomic E-state index is 13.9. The van der Waals surface area contributed by atoms with Crippen molar-refractivity contribution in [3.63, 3.8) is 0 Å². The maximum Gasteiger partial charge on any atom is 0.283 e. The lowest BCUT2D eigenvalue weighted by Gasteiger charge is -2.39. The standard InChI is InChI=1S/C33H52N4O7S/c1-4-10-27(32(40)35-28(20-24-11-6-5-7-12-24)31(39)30(38)19-23(2)3)34-33(41)29-21-25-13-8-9-14-26(25)22-37(29)45(42,43)36-15-17-44-18-16-36/h4,8-9,13-14,23-24,27-31,38-39H,1,5-7,10-12,15-22H2,2-3H3,(H,34,41)(H,35,40)/t27-,28-,29-,30-,31+/m0/s1. The van der Waals surface area contributed by atoms with E-state index in [1.165, 1.54) is 21.1 Å². The fourth-order valence-electron chi connectivity index (χ4n) is 6.80. The number of nitrogens with one attached hydrogen (secondary N) is 2. The number of aliphatic hydroxyl groups is 2. The first-order valence-corrected chi connectivity index (χ1v) is 17.9. The van der Waals surface area contributed by atoms with Crippen molar-refractivity contribution in [3.05, 3.63) is 48.0 Å². The summed E-state index contributed by atoms with van der Waals surface area (Å²) in [5.41, 5.74) is 1.71. The summed E-state index contributed by atoms with van der Waals surface area (Å²) in [7, 11) is -4.01. The first kappa shape index (κ1) is 35.5. The van der Waals surface area contributed by atoms with Gasteiger partial charge < -0.3 is 25.6 Å². The lowest BCUT2D eigenvalue weighted by molar-refractivity contribution is -0.132. The number of morpholine rings is 1. The first-order chi connectivity index (χ1) is 21.5. The molecule has 45 heavy (non-hydrogen) atoms. The van der Waals surface area contributed by atoms with Crippen LogP contribution in [0.1, 0.15) is 76.3 Å². The Labute approximate surface area is 268 Å². The molecule has 1 saturated heterocycles. The van der Waals surface area contributed by atoms with Gasteiger partial charge in [-0.2, -0.15) is 17.0 Å². The molecule has 1 aliphatic carbocycles. The minimum Gasteiger partial charge on any atom is -0.390 e. The Hall–Kier alpha value is -2.35. The molecule has 0 aromatic heterocycles. The summed E-state index contributed by atoms with van der Waals surface area (Å²) in [5.74, 6) is -0.601. The lowest BCUT2D eigenvalue weighted by Crippen LogP contribution is -2.60. The van der Waals surface area contributed by atoms with Crippen LogP contribution in [0, 0.1) is 11.8 Å². The number of fused-ring (bicyclic) bond motifs is 1. The molecule has 0 spiro atoms.